The molecule has 0 radical (unpaired) electrons. The van der Waals surface area contributed by atoms with E-state index < -0.39 is 0 Å². The van der Waals surface area contributed by atoms with E-state index in [1.165, 1.54) is 0 Å². The normalized spacial score (nSPS) is 24.5. The zero-order valence-electron chi connectivity index (χ0n) is 14.4. The second-order valence-electron chi connectivity index (χ2n) is 7.29. The van der Waals surface area contributed by atoms with Crippen LogP contribution in [0.1, 0.15) is 17.0 Å². The summed E-state index contributed by atoms with van der Waals surface area (Å²) < 4.78 is 5.58. The number of rotatable bonds is 1. The van der Waals surface area contributed by atoms with Gasteiger partial charge in [0.2, 0.25) is 11.8 Å². The topological polar surface area (TPSA) is 58.6 Å². The predicted octanol–water partition coefficient (Wildman–Crippen LogP) is 1.77. The molecule has 1 N–H and O–H groups in total. The highest BCUT2D eigenvalue weighted by Crippen LogP contribution is 2.45. The molecular formula is C21H20N2O3. The third-order valence-corrected chi connectivity index (χ3v) is 5.63. The Bertz CT molecular complexity index is 849. The summed E-state index contributed by atoms with van der Waals surface area (Å²) in [5.41, 5.74) is 4.38. The molecule has 2 bridgehead atoms. The Morgan fingerprint density at radius 2 is 1.62 bits per heavy atom. The maximum Gasteiger partial charge on any atom is 0.234 e. The number of carbonyl (C=O) groups is 2. The van der Waals surface area contributed by atoms with Crippen LogP contribution in [0.25, 0.3) is 11.1 Å². The number of hydrogen-bond acceptors (Lipinski definition) is 3. The van der Waals surface area contributed by atoms with Crippen LogP contribution in [-0.2, 0) is 14.3 Å². The van der Waals surface area contributed by atoms with Gasteiger partial charge in [0.25, 0.3) is 0 Å². The molecule has 2 fully saturated rings. The molecule has 2 aromatic carbocycles. The molecule has 0 aromatic heterocycles. The van der Waals surface area contributed by atoms with E-state index in [1.54, 1.807) is 0 Å². The van der Waals surface area contributed by atoms with Crippen LogP contribution in [0, 0.1) is 5.92 Å². The number of nitrogens with zero attached hydrogens (tertiary/aromatic N) is 1. The third kappa shape index (κ3) is 2.35. The van der Waals surface area contributed by atoms with Gasteiger partial charge in [0.05, 0.1) is 31.1 Å². The Morgan fingerprint density at radius 3 is 2.31 bits per heavy atom. The molecule has 2 aliphatic heterocycles. The smallest absolute Gasteiger partial charge is 0.234 e. The molecule has 0 saturated carbocycles. The fraction of sp³-hybridized carbons (Fsp3) is 0.333. The van der Waals surface area contributed by atoms with Crippen LogP contribution in [0.2, 0.25) is 0 Å². The van der Waals surface area contributed by atoms with E-state index in [1.807, 2.05) is 41.3 Å². The van der Waals surface area contributed by atoms with Crippen molar-refractivity contribution < 1.29 is 14.3 Å². The number of hydrogen-bond donors (Lipinski definition) is 1. The summed E-state index contributed by atoms with van der Waals surface area (Å²) in [7, 11) is 0. The number of amides is 2. The van der Waals surface area contributed by atoms with Crippen molar-refractivity contribution in [3.05, 3.63) is 59.7 Å². The van der Waals surface area contributed by atoms with Gasteiger partial charge < -0.3 is 15.0 Å². The molecule has 1 aliphatic carbocycles. The molecule has 132 valence electrons. The number of carbonyl (C=O) groups excluding carboxylic acids is 2. The van der Waals surface area contributed by atoms with Gasteiger partial charge in [0.15, 0.2) is 0 Å². The SMILES string of the molecule is O=C1N[C@@H]2COC[C@H]1CN(C(=O)C1c3ccccc3-c3ccccc31)C2. The lowest BCUT2D eigenvalue weighted by Gasteiger charge is -2.30. The first-order valence-corrected chi connectivity index (χ1v) is 9.07. The molecule has 3 aliphatic rings. The molecule has 5 rings (SSSR count). The van der Waals surface area contributed by atoms with E-state index in [9.17, 15) is 9.59 Å². The van der Waals surface area contributed by atoms with Gasteiger partial charge in [-0.3, -0.25) is 9.59 Å². The first-order chi connectivity index (χ1) is 12.7. The highest BCUT2D eigenvalue weighted by molar-refractivity contribution is 5.96. The molecule has 2 aromatic rings. The second kappa shape index (κ2) is 5.95. The molecule has 5 nitrogen and oxygen atoms in total. The van der Waals surface area contributed by atoms with Crippen molar-refractivity contribution in [3.8, 4) is 11.1 Å². The molecule has 26 heavy (non-hydrogen) atoms. The molecule has 0 spiro atoms. The lowest BCUT2D eigenvalue weighted by Crippen LogP contribution is -2.46. The Kier molecular flexibility index (Phi) is 3.57. The minimum absolute atomic E-state index is 0.00461. The second-order valence-corrected chi connectivity index (χ2v) is 7.29. The van der Waals surface area contributed by atoms with E-state index >= 15 is 0 Å². The van der Waals surface area contributed by atoms with Crippen LogP contribution >= 0.6 is 0 Å². The van der Waals surface area contributed by atoms with E-state index in [0.717, 1.165) is 22.3 Å². The maximum absolute atomic E-state index is 13.6. The van der Waals surface area contributed by atoms with Gasteiger partial charge >= 0.3 is 0 Å². The van der Waals surface area contributed by atoms with Gasteiger partial charge in [-0.2, -0.15) is 0 Å². The van der Waals surface area contributed by atoms with Crippen molar-refractivity contribution in [1.29, 1.82) is 0 Å². The van der Waals surface area contributed by atoms with Crippen molar-refractivity contribution in [2.45, 2.75) is 12.0 Å². The average Bonchev–Trinajstić information content (AvgIpc) is 2.75. The largest absolute Gasteiger partial charge is 0.378 e. The number of ether oxygens (including phenoxy) is 1. The van der Waals surface area contributed by atoms with Crippen LogP contribution in [0.5, 0.6) is 0 Å². The number of nitrogens with one attached hydrogen (secondary N) is 1. The summed E-state index contributed by atoms with van der Waals surface area (Å²) in [6.45, 7) is 1.76. The summed E-state index contributed by atoms with van der Waals surface area (Å²) in [4.78, 5) is 27.7. The maximum atomic E-state index is 13.6. The van der Waals surface area contributed by atoms with Crippen LogP contribution in [0.15, 0.2) is 48.5 Å². The van der Waals surface area contributed by atoms with E-state index in [4.69, 9.17) is 4.74 Å². The van der Waals surface area contributed by atoms with E-state index in [2.05, 4.69) is 17.4 Å². The van der Waals surface area contributed by atoms with Crippen molar-refractivity contribution in [2.24, 2.45) is 5.92 Å². The first kappa shape index (κ1) is 15.6. The number of fused-ring (bicyclic) bond motifs is 6. The predicted molar refractivity (Wildman–Crippen MR) is 96.5 cm³/mol. The van der Waals surface area contributed by atoms with Gasteiger partial charge in [-0.1, -0.05) is 48.5 Å². The Morgan fingerprint density at radius 1 is 0.962 bits per heavy atom. The summed E-state index contributed by atoms with van der Waals surface area (Å²) in [6, 6.07) is 16.1. The summed E-state index contributed by atoms with van der Waals surface area (Å²) >= 11 is 0. The first-order valence-electron chi connectivity index (χ1n) is 9.07. The lowest BCUT2D eigenvalue weighted by molar-refractivity contribution is -0.134. The minimum atomic E-state index is -0.294. The Balaban J connectivity index is 1.54. The monoisotopic (exact) mass is 348 g/mol. The van der Waals surface area contributed by atoms with Crippen LogP contribution in [0.3, 0.4) is 0 Å². The zero-order chi connectivity index (χ0) is 17.7. The lowest BCUT2D eigenvalue weighted by atomic mass is 9.94. The van der Waals surface area contributed by atoms with Crippen molar-refractivity contribution in [1.82, 2.24) is 10.2 Å². The minimum Gasteiger partial charge on any atom is -0.378 e. The molecule has 0 unspecified atom stereocenters. The molecule has 2 atom stereocenters. The fourth-order valence-electron chi connectivity index (χ4n) is 4.41. The Labute approximate surface area is 152 Å². The van der Waals surface area contributed by atoms with Gasteiger partial charge in [-0.05, 0) is 22.3 Å². The molecule has 2 heterocycles. The van der Waals surface area contributed by atoms with E-state index in [0.29, 0.717) is 26.3 Å². The summed E-state index contributed by atoms with van der Waals surface area (Å²) in [5, 5.41) is 3.00. The number of benzene rings is 2. The molecule has 2 amide bonds. The quantitative estimate of drug-likeness (QED) is 0.855. The third-order valence-electron chi connectivity index (χ3n) is 5.63. The highest BCUT2D eigenvalue weighted by Gasteiger charge is 2.40. The molecule has 2 saturated heterocycles. The van der Waals surface area contributed by atoms with Gasteiger partial charge in [0, 0.05) is 13.1 Å². The summed E-state index contributed by atoms with van der Waals surface area (Å²) in [5.74, 6) is -0.513. The molecular weight excluding hydrogens is 328 g/mol. The zero-order valence-corrected chi connectivity index (χ0v) is 14.4. The average molecular weight is 348 g/mol. The van der Waals surface area contributed by atoms with Crippen molar-refractivity contribution >= 4 is 11.8 Å². The van der Waals surface area contributed by atoms with Crippen LogP contribution in [0.4, 0.5) is 0 Å². The van der Waals surface area contributed by atoms with Gasteiger partial charge in [-0.15, -0.1) is 0 Å². The van der Waals surface area contributed by atoms with Gasteiger partial charge in [-0.25, -0.2) is 0 Å². The Hall–Kier alpha value is -2.66. The molecule has 5 heteroatoms. The van der Waals surface area contributed by atoms with Gasteiger partial charge in [0.1, 0.15) is 0 Å². The standard InChI is InChI=1S/C21H20N2O3/c24-20-13-9-23(10-14(22-20)12-26-11-13)21(25)19-17-7-3-1-5-15(17)16-6-2-4-8-18(16)19/h1-8,13-14,19H,9-12H2,(H,22,24)/t13-,14+/m1/s1. The highest BCUT2D eigenvalue weighted by atomic mass is 16.5. The van der Waals surface area contributed by atoms with Crippen LogP contribution < -0.4 is 5.32 Å². The van der Waals surface area contributed by atoms with E-state index in [-0.39, 0.29) is 29.7 Å². The van der Waals surface area contributed by atoms with Crippen molar-refractivity contribution in [3.63, 3.8) is 0 Å². The van der Waals surface area contributed by atoms with Crippen LogP contribution in [-0.4, -0.2) is 49.1 Å². The van der Waals surface area contributed by atoms with Crippen molar-refractivity contribution in [2.75, 3.05) is 26.3 Å². The summed E-state index contributed by atoms with van der Waals surface area (Å²) in [6.07, 6.45) is 0. The fourth-order valence-corrected chi connectivity index (χ4v) is 4.41.